The maximum atomic E-state index is 12.8. The first-order valence-corrected chi connectivity index (χ1v) is 8.21. The van der Waals surface area contributed by atoms with Crippen LogP contribution in [0.4, 0.5) is 10.5 Å². The fraction of sp³-hybridized carbons (Fsp3) is 0.316. The Morgan fingerprint density at radius 3 is 2.75 bits per heavy atom. The summed E-state index contributed by atoms with van der Waals surface area (Å²) in [4.78, 5) is 14.6. The van der Waals surface area contributed by atoms with E-state index in [1.165, 1.54) is 5.56 Å². The number of nitrogens with zero attached hydrogens (tertiary/aromatic N) is 1. The van der Waals surface area contributed by atoms with Gasteiger partial charge >= 0.3 is 6.03 Å². The van der Waals surface area contributed by atoms with E-state index < -0.39 is 0 Å². The minimum Gasteiger partial charge on any atom is -0.377 e. The van der Waals surface area contributed by atoms with Crippen molar-refractivity contribution < 1.29 is 14.3 Å². The second kappa shape index (κ2) is 6.63. The second-order valence-corrected chi connectivity index (χ2v) is 6.10. The van der Waals surface area contributed by atoms with Crippen molar-refractivity contribution in [3.05, 3.63) is 65.2 Å². The summed E-state index contributed by atoms with van der Waals surface area (Å²) in [5.41, 5.74) is 4.24. The molecule has 2 aromatic rings. The van der Waals surface area contributed by atoms with Gasteiger partial charge in [0.15, 0.2) is 0 Å². The summed E-state index contributed by atoms with van der Waals surface area (Å²) in [6, 6.07) is 15.8. The number of benzene rings is 2. The number of carbonyl (C=O) groups is 1. The molecule has 2 heterocycles. The molecule has 2 aliphatic rings. The number of anilines is 1. The lowest BCUT2D eigenvalue weighted by Crippen LogP contribution is -2.45. The molecule has 0 aliphatic carbocycles. The van der Waals surface area contributed by atoms with Crippen molar-refractivity contribution in [2.75, 3.05) is 25.1 Å². The number of nitrogens with one attached hydrogen (secondary N) is 1. The van der Waals surface area contributed by atoms with Crippen LogP contribution < -0.4 is 5.32 Å². The molecule has 1 fully saturated rings. The number of hydrogen-bond donors (Lipinski definition) is 1. The monoisotopic (exact) mass is 324 g/mol. The van der Waals surface area contributed by atoms with Crippen LogP contribution in [0.3, 0.4) is 0 Å². The minimum absolute atomic E-state index is 0.0577. The predicted molar refractivity (Wildman–Crippen MR) is 90.7 cm³/mol. The second-order valence-electron chi connectivity index (χ2n) is 6.10. The van der Waals surface area contributed by atoms with Gasteiger partial charge in [0.2, 0.25) is 0 Å². The van der Waals surface area contributed by atoms with Crippen LogP contribution >= 0.6 is 0 Å². The molecule has 5 nitrogen and oxygen atoms in total. The summed E-state index contributed by atoms with van der Waals surface area (Å²) in [5, 5.41) is 3.02. The van der Waals surface area contributed by atoms with Gasteiger partial charge in [-0.15, -0.1) is 0 Å². The number of morpholine rings is 1. The first-order chi connectivity index (χ1) is 11.8. The molecule has 0 unspecified atom stereocenters. The van der Waals surface area contributed by atoms with Crippen LogP contribution in [0.2, 0.25) is 0 Å². The predicted octanol–water partition coefficient (Wildman–Crippen LogP) is 3.32. The van der Waals surface area contributed by atoms with Gasteiger partial charge in [0, 0.05) is 12.2 Å². The molecule has 0 radical (unpaired) electrons. The number of urea groups is 1. The molecule has 1 N–H and O–H groups in total. The Hall–Kier alpha value is -2.37. The number of amides is 2. The van der Waals surface area contributed by atoms with E-state index in [1.807, 2.05) is 53.4 Å². The zero-order valence-electron chi connectivity index (χ0n) is 13.4. The van der Waals surface area contributed by atoms with E-state index in [4.69, 9.17) is 9.47 Å². The Bertz CT molecular complexity index is 733. The van der Waals surface area contributed by atoms with Crippen molar-refractivity contribution in [1.82, 2.24) is 4.90 Å². The van der Waals surface area contributed by atoms with Gasteiger partial charge in [-0.3, -0.25) is 0 Å². The van der Waals surface area contributed by atoms with Gasteiger partial charge in [0.1, 0.15) is 0 Å². The molecular weight excluding hydrogens is 304 g/mol. The summed E-state index contributed by atoms with van der Waals surface area (Å²) in [5.74, 6) is 0. The van der Waals surface area contributed by atoms with Gasteiger partial charge in [-0.2, -0.15) is 0 Å². The lowest BCUT2D eigenvalue weighted by atomic mass is 10.1. The van der Waals surface area contributed by atoms with Crippen LogP contribution in [0.25, 0.3) is 0 Å². The van der Waals surface area contributed by atoms with Crippen molar-refractivity contribution in [3.8, 4) is 0 Å². The minimum atomic E-state index is -0.0916. The summed E-state index contributed by atoms with van der Waals surface area (Å²) in [6.45, 7) is 2.94. The van der Waals surface area contributed by atoms with Gasteiger partial charge in [-0.25, -0.2) is 4.79 Å². The highest BCUT2D eigenvalue weighted by molar-refractivity contribution is 5.90. The quantitative estimate of drug-likeness (QED) is 0.922. The standard InChI is InChI=1S/C19H20N2O3/c22-19(20-17-7-6-15-11-24-12-16(15)10-17)21-8-9-23-13-18(21)14-4-2-1-3-5-14/h1-7,10,18H,8-9,11-13H2,(H,20,22)/t18-/m0/s1. The molecule has 1 saturated heterocycles. The number of carbonyl (C=O) groups excluding carboxylic acids is 1. The van der Waals surface area contributed by atoms with E-state index in [2.05, 4.69) is 5.32 Å². The van der Waals surface area contributed by atoms with Crippen molar-refractivity contribution in [2.24, 2.45) is 0 Å². The molecular formula is C19H20N2O3. The van der Waals surface area contributed by atoms with Crippen molar-refractivity contribution >= 4 is 11.7 Å². The Morgan fingerprint density at radius 1 is 1.04 bits per heavy atom. The van der Waals surface area contributed by atoms with E-state index in [0.717, 1.165) is 16.8 Å². The largest absolute Gasteiger partial charge is 0.377 e. The van der Waals surface area contributed by atoms with Crippen LogP contribution in [0.15, 0.2) is 48.5 Å². The highest BCUT2D eigenvalue weighted by Gasteiger charge is 2.28. The van der Waals surface area contributed by atoms with Crippen LogP contribution in [0.5, 0.6) is 0 Å². The van der Waals surface area contributed by atoms with Crippen molar-refractivity contribution in [2.45, 2.75) is 19.3 Å². The van der Waals surface area contributed by atoms with Crippen molar-refractivity contribution in [3.63, 3.8) is 0 Å². The number of hydrogen-bond acceptors (Lipinski definition) is 3. The Morgan fingerprint density at radius 2 is 1.88 bits per heavy atom. The fourth-order valence-corrected chi connectivity index (χ4v) is 3.24. The van der Waals surface area contributed by atoms with E-state index in [1.54, 1.807) is 0 Å². The van der Waals surface area contributed by atoms with Crippen LogP contribution in [-0.4, -0.2) is 30.7 Å². The lowest BCUT2D eigenvalue weighted by molar-refractivity contribution is 0.0148. The number of ether oxygens (including phenoxy) is 2. The smallest absolute Gasteiger partial charge is 0.322 e. The zero-order valence-corrected chi connectivity index (χ0v) is 13.4. The fourth-order valence-electron chi connectivity index (χ4n) is 3.24. The van der Waals surface area contributed by atoms with Gasteiger partial charge in [0.25, 0.3) is 0 Å². The molecule has 1 atom stereocenters. The van der Waals surface area contributed by atoms with E-state index in [9.17, 15) is 4.79 Å². The van der Waals surface area contributed by atoms with Gasteiger partial charge in [-0.1, -0.05) is 36.4 Å². The molecule has 0 saturated carbocycles. The normalized spacial score (nSPS) is 19.8. The summed E-state index contributed by atoms with van der Waals surface area (Å²) in [6.07, 6.45) is 0. The summed E-state index contributed by atoms with van der Waals surface area (Å²) >= 11 is 0. The highest BCUT2D eigenvalue weighted by atomic mass is 16.5. The third-order valence-corrected chi connectivity index (χ3v) is 4.55. The molecule has 5 heteroatoms. The zero-order chi connectivity index (χ0) is 16.4. The third-order valence-electron chi connectivity index (χ3n) is 4.55. The SMILES string of the molecule is O=C(Nc1ccc2c(c1)COC2)N1CCOC[C@H]1c1ccccc1. The molecule has 2 aliphatic heterocycles. The molecule has 0 aromatic heterocycles. The molecule has 0 spiro atoms. The molecule has 2 aromatic carbocycles. The van der Waals surface area contributed by atoms with Crippen LogP contribution in [0, 0.1) is 0 Å². The average molecular weight is 324 g/mol. The first kappa shape index (κ1) is 15.2. The van der Waals surface area contributed by atoms with Crippen molar-refractivity contribution in [1.29, 1.82) is 0 Å². The van der Waals surface area contributed by atoms with Crippen LogP contribution in [0.1, 0.15) is 22.7 Å². The molecule has 24 heavy (non-hydrogen) atoms. The van der Waals surface area contributed by atoms with Gasteiger partial charge in [0.05, 0.1) is 32.5 Å². The Kier molecular flexibility index (Phi) is 4.19. The number of rotatable bonds is 2. The maximum Gasteiger partial charge on any atom is 0.322 e. The van der Waals surface area contributed by atoms with E-state index in [0.29, 0.717) is 33.0 Å². The Labute approximate surface area is 141 Å². The topological polar surface area (TPSA) is 50.8 Å². The van der Waals surface area contributed by atoms with E-state index in [-0.39, 0.29) is 12.1 Å². The summed E-state index contributed by atoms with van der Waals surface area (Å²) < 4.78 is 11.0. The van der Waals surface area contributed by atoms with Gasteiger partial charge < -0.3 is 19.7 Å². The average Bonchev–Trinajstić information content (AvgIpc) is 3.10. The Balaban J connectivity index is 1.51. The lowest BCUT2D eigenvalue weighted by Gasteiger charge is -2.35. The maximum absolute atomic E-state index is 12.8. The third kappa shape index (κ3) is 3.00. The molecule has 2 amide bonds. The highest BCUT2D eigenvalue weighted by Crippen LogP contribution is 2.26. The summed E-state index contributed by atoms with van der Waals surface area (Å²) in [7, 11) is 0. The molecule has 124 valence electrons. The van der Waals surface area contributed by atoms with Crippen LogP contribution in [-0.2, 0) is 22.7 Å². The van der Waals surface area contributed by atoms with Gasteiger partial charge in [-0.05, 0) is 28.8 Å². The number of fused-ring (bicyclic) bond motifs is 1. The molecule has 4 rings (SSSR count). The molecule has 0 bridgehead atoms. The first-order valence-electron chi connectivity index (χ1n) is 8.21. The van der Waals surface area contributed by atoms with E-state index >= 15 is 0 Å².